The van der Waals surface area contributed by atoms with Gasteiger partial charge in [0.05, 0.1) is 18.7 Å². The first-order valence-corrected chi connectivity index (χ1v) is 5.98. The van der Waals surface area contributed by atoms with E-state index in [0.29, 0.717) is 18.6 Å². The summed E-state index contributed by atoms with van der Waals surface area (Å²) in [7, 11) is 1.61. The number of hydrogen-bond donors (Lipinski definition) is 2. The highest BCUT2D eigenvalue weighted by molar-refractivity contribution is 6.04. The van der Waals surface area contributed by atoms with Crippen molar-refractivity contribution in [2.75, 3.05) is 7.11 Å². The van der Waals surface area contributed by atoms with Crippen molar-refractivity contribution in [3.8, 4) is 5.75 Å². The number of aliphatic carboxylic acids is 1. The maximum atomic E-state index is 11.2. The Balaban J connectivity index is 2.30. The molecule has 1 aromatic carbocycles. The lowest BCUT2D eigenvalue weighted by atomic mass is 9.84. The molecule has 0 heterocycles. The van der Waals surface area contributed by atoms with E-state index in [-0.39, 0.29) is 0 Å². The summed E-state index contributed by atoms with van der Waals surface area (Å²) in [6.45, 7) is 0. The number of allylic oxidation sites excluding steroid dienone is 2. The SMILES string of the molecule is COc1ccc(C2=C/C(=N/N)CC(C(=O)O)C2)cc1. The molecule has 100 valence electrons. The summed E-state index contributed by atoms with van der Waals surface area (Å²) < 4.78 is 5.10. The molecule has 0 aliphatic heterocycles. The highest BCUT2D eigenvalue weighted by Crippen LogP contribution is 2.30. The summed E-state index contributed by atoms with van der Waals surface area (Å²) in [5, 5.41) is 12.8. The molecule has 0 saturated carbocycles. The van der Waals surface area contributed by atoms with Crippen LogP contribution >= 0.6 is 0 Å². The van der Waals surface area contributed by atoms with E-state index in [1.807, 2.05) is 30.3 Å². The van der Waals surface area contributed by atoms with Gasteiger partial charge in [-0.15, -0.1) is 0 Å². The average Bonchev–Trinajstić information content (AvgIpc) is 2.46. The Labute approximate surface area is 111 Å². The second-order valence-electron chi connectivity index (χ2n) is 4.46. The second kappa shape index (κ2) is 5.56. The number of carboxylic acids is 1. The Hall–Kier alpha value is -2.30. The molecule has 2 rings (SSSR count). The molecule has 1 aromatic rings. The number of benzene rings is 1. The van der Waals surface area contributed by atoms with Gasteiger partial charge in [-0.1, -0.05) is 12.1 Å². The van der Waals surface area contributed by atoms with Crippen molar-refractivity contribution < 1.29 is 14.6 Å². The summed E-state index contributed by atoms with van der Waals surface area (Å²) in [5.41, 5.74) is 2.52. The van der Waals surface area contributed by atoms with E-state index >= 15 is 0 Å². The molecule has 0 fully saturated rings. The van der Waals surface area contributed by atoms with Crippen LogP contribution in [0.1, 0.15) is 18.4 Å². The lowest BCUT2D eigenvalue weighted by Crippen LogP contribution is -2.22. The summed E-state index contributed by atoms with van der Waals surface area (Å²) in [5.74, 6) is 4.76. The Kier molecular flexibility index (Phi) is 3.85. The van der Waals surface area contributed by atoms with Crippen LogP contribution in [0.5, 0.6) is 5.75 Å². The predicted molar refractivity (Wildman–Crippen MR) is 73.0 cm³/mol. The van der Waals surface area contributed by atoms with Gasteiger partial charge in [0.25, 0.3) is 0 Å². The van der Waals surface area contributed by atoms with Crippen molar-refractivity contribution in [1.82, 2.24) is 0 Å². The van der Waals surface area contributed by atoms with Gasteiger partial charge in [-0.3, -0.25) is 4.79 Å². The molecular weight excluding hydrogens is 244 g/mol. The maximum Gasteiger partial charge on any atom is 0.307 e. The van der Waals surface area contributed by atoms with Crippen molar-refractivity contribution in [3.05, 3.63) is 35.9 Å². The molecule has 0 bridgehead atoms. The summed E-state index contributed by atoms with van der Waals surface area (Å²) in [4.78, 5) is 11.2. The van der Waals surface area contributed by atoms with Gasteiger partial charge >= 0.3 is 5.97 Å². The smallest absolute Gasteiger partial charge is 0.307 e. The number of hydrazone groups is 1. The van der Waals surface area contributed by atoms with E-state index in [2.05, 4.69) is 5.10 Å². The molecule has 1 aliphatic rings. The van der Waals surface area contributed by atoms with Crippen LogP contribution in [0, 0.1) is 5.92 Å². The molecule has 0 saturated heterocycles. The number of ether oxygens (including phenoxy) is 1. The molecular formula is C14H16N2O3. The molecule has 0 spiro atoms. The van der Waals surface area contributed by atoms with Crippen LogP contribution in [0.2, 0.25) is 0 Å². The molecule has 0 radical (unpaired) electrons. The van der Waals surface area contributed by atoms with E-state index < -0.39 is 11.9 Å². The molecule has 0 aromatic heterocycles. The van der Waals surface area contributed by atoms with Crippen molar-refractivity contribution in [2.24, 2.45) is 16.9 Å². The van der Waals surface area contributed by atoms with Crippen molar-refractivity contribution >= 4 is 17.3 Å². The van der Waals surface area contributed by atoms with E-state index in [0.717, 1.165) is 16.9 Å². The third-order valence-electron chi connectivity index (χ3n) is 3.24. The number of methoxy groups -OCH3 is 1. The Morgan fingerprint density at radius 3 is 2.58 bits per heavy atom. The Morgan fingerprint density at radius 2 is 2.05 bits per heavy atom. The fourth-order valence-corrected chi connectivity index (χ4v) is 2.18. The standard InChI is InChI=1S/C14H16N2O3/c1-19-13-4-2-9(3-5-13)10-6-11(14(17)18)8-12(7-10)16-15/h2-5,7,11H,6,8,15H2,1H3,(H,17,18)/b16-12-. The van der Waals surface area contributed by atoms with E-state index in [4.69, 9.17) is 15.7 Å². The fraction of sp³-hybridized carbons (Fsp3) is 0.286. The summed E-state index contributed by atoms with van der Waals surface area (Å²) >= 11 is 0. The minimum Gasteiger partial charge on any atom is -0.497 e. The third kappa shape index (κ3) is 2.93. The fourth-order valence-electron chi connectivity index (χ4n) is 2.18. The molecule has 5 nitrogen and oxygen atoms in total. The van der Waals surface area contributed by atoms with Gasteiger partial charge < -0.3 is 15.7 Å². The topological polar surface area (TPSA) is 84.9 Å². The number of carboxylic acid groups (broad SMARTS) is 1. The van der Waals surface area contributed by atoms with Crippen LogP contribution in [0.4, 0.5) is 0 Å². The molecule has 3 N–H and O–H groups in total. The number of carbonyl (C=O) groups is 1. The van der Waals surface area contributed by atoms with Crippen molar-refractivity contribution in [3.63, 3.8) is 0 Å². The molecule has 5 heteroatoms. The number of rotatable bonds is 3. The van der Waals surface area contributed by atoms with E-state index in [1.165, 1.54) is 0 Å². The van der Waals surface area contributed by atoms with Crippen LogP contribution < -0.4 is 10.6 Å². The van der Waals surface area contributed by atoms with Crippen molar-refractivity contribution in [2.45, 2.75) is 12.8 Å². The monoisotopic (exact) mass is 260 g/mol. The van der Waals surface area contributed by atoms with Crippen LogP contribution in [-0.4, -0.2) is 23.9 Å². The highest BCUT2D eigenvalue weighted by Gasteiger charge is 2.25. The quantitative estimate of drug-likeness (QED) is 0.642. The zero-order chi connectivity index (χ0) is 13.8. The minimum absolute atomic E-state index is 0.380. The minimum atomic E-state index is -0.819. The zero-order valence-electron chi connectivity index (χ0n) is 10.7. The molecule has 0 amide bonds. The first-order chi connectivity index (χ1) is 9.13. The van der Waals surface area contributed by atoms with Gasteiger partial charge in [0.15, 0.2) is 0 Å². The summed E-state index contributed by atoms with van der Waals surface area (Å²) in [6, 6.07) is 7.51. The van der Waals surface area contributed by atoms with Gasteiger partial charge in [-0.05, 0) is 35.8 Å². The van der Waals surface area contributed by atoms with Crippen LogP contribution in [0.15, 0.2) is 35.4 Å². The summed E-state index contributed by atoms with van der Waals surface area (Å²) in [6.07, 6.45) is 2.73. The molecule has 1 aliphatic carbocycles. The zero-order valence-corrected chi connectivity index (χ0v) is 10.7. The first kappa shape index (κ1) is 13.1. The van der Waals surface area contributed by atoms with Crippen LogP contribution in [-0.2, 0) is 4.79 Å². The van der Waals surface area contributed by atoms with Crippen LogP contribution in [0.25, 0.3) is 5.57 Å². The van der Waals surface area contributed by atoms with Gasteiger partial charge in [-0.2, -0.15) is 5.10 Å². The number of nitrogens with two attached hydrogens (primary N) is 1. The molecule has 19 heavy (non-hydrogen) atoms. The lowest BCUT2D eigenvalue weighted by Gasteiger charge is -2.20. The van der Waals surface area contributed by atoms with Gasteiger partial charge in [0.1, 0.15) is 5.75 Å². The van der Waals surface area contributed by atoms with E-state index in [1.54, 1.807) is 7.11 Å². The van der Waals surface area contributed by atoms with Crippen molar-refractivity contribution in [1.29, 1.82) is 0 Å². The van der Waals surface area contributed by atoms with Gasteiger partial charge in [-0.25, -0.2) is 0 Å². The Bertz CT molecular complexity index is 532. The Morgan fingerprint density at radius 1 is 1.37 bits per heavy atom. The third-order valence-corrected chi connectivity index (χ3v) is 3.24. The number of nitrogens with zero attached hydrogens (tertiary/aromatic N) is 1. The number of hydrogen-bond acceptors (Lipinski definition) is 4. The first-order valence-electron chi connectivity index (χ1n) is 5.98. The van der Waals surface area contributed by atoms with Gasteiger partial charge in [0.2, 0.25) is 0 Å². The molecule has 1 atom stereocenters. The lowest BCUT2D eigenvalue weighted by molar-refractivity contribution is -0.141. The van der Waals surface area contributed by atoms with E-state index in [9.17, 15) is 4.79 Å². The largest absolute Gasteiger partial charge is 0.497 e. The van der Waals surface area contributed by atoms with Gasteiger partial charge in [0, 0.05) is 6.42 Å². The predicted octanol–water partition coefficient (Wildman–Crippen LogP) is 1.89. The second-order valence-corrected chi connectivity index (χ2v) is 4.46. The molecule has 1 unspecified atom stereocenters. The highest BCUT2D eigenvalue weighted by atomic mass is 16.5. The normalized spacial score (nSPS) is 21.0. The van der Waals surface area contributed by atoms with Crippen LogP contribution in [0.3, 0.4) is 0 Å². The average molecular weight is 260 g/mol. The maximum absolute atomic E-state index is 11.2.